The number of rotatable bonds is 5. The molecule has 2 fully saturated rings. The first-order chi connectivity index (χ1) is 15.5. The number of pyridine rings is 1. The van der Waals surface area contributed by atoms with Gasteiger partial charge in [-0.1, -0.05) is 12.1 Å². The van der Waals surface area contributed by atoms with Crippen molar-refractivity contribution in [3.05, 3.63) is 65.4 Å². The van der Waals surface area contributed by atoms with Crippen molar-refractivity contribution < 1.29 is 14.3 Å². The molecule has 1 amide bonds. The second-order valence-electron chi connectivity index (χ2n) is 8.62. The summed E-state index contributed by atoms with van der Waals surface area (Å²) in [5.41, 5.74) is 3.08. The fourth-order valence-electron chi connectivity index (χ4n) is 3.99. The van der Waals surface area contributed by atoms with Crippen molar-refractivity contribution in [3.8, 4) is 11.5 Å². The molecule has 0 radical (unpaired) electrons. The molecule has 0 unspecified atom stereocenters. The van der Waals surface area contributed by atoms with E-state index in [-0.39, 0.29) is 11.4 Å². The Balaban J connectivity index is 0.000000433. The number of aromatic nitrogens is 1. The maximum atomic E-state index is 13.0. The molecule has 1 N–H and O–H groups in total. The van der Waals surface area contributed by atoms with E-state index >= 15 is 0 Å². The molecule has 1 aliphatic heterocycles. The maximum absolute atomic E-state index is 13.0. The number of benzene rings is 2. The molecule has 1 saturated heterocycles. The Morgan fingerprint density at radius 1 is 1.06 bits per heavy atom. The molecular formula is C26H31N3O3. The molecule has 6 nitrogen and oxygen atoms in total. The zero-order valence-electron chi connectivity index (χ0n) is 19.3. The molecule has 2 aromatic carbocycles. The van der Waals surface area contributed by atoms with Crippen molar-refractivity contribution in [2.45, 2.75) is 31.7 Å². The highest BCUT2D eigenvalue weighted by Gasteiger charge is 2.47. The number of likely N-dealkylation sites (tertiary alicyclic amines) is 1. The van der Waals surface area contributed by atoms with Gasteiger partial charge in [0.1, 0.15) is 11.5 Å². The first-order valence-electron chi connectivity index (χ1n) is 11.0. The van der Waals surface area contributed by atoms with Crippen LogP contribution >= 0.6 is 0 Å². The number of ether oxygens (including phenoxy) is 2. The van der Waals surface area contributed by atoms with Gasteiger partial charge >= 0.3 is 0 Å². The highest BCUT2D eigenvalue weighted by molar-refractivity contribution is 5.97. The number of amides is 1. The van der Waals surface area contributed by atoms with Crippen LogP contribution in [-0.4, -0.2) is 50.1 Å². The van der Waals surface area contributed by atoms with Crippen molar-refractivity contribution in [1.82, 2.24) is 15.2 Å². The number of carbonyl (C=O) groups is 1. The molecule has 0 bridgehead atoms. The number of hydrogen-bond donors (Lipinski definition) is 1. The van der Waals surface area contributed by atoms with Gasteiger partial charge in [-0.05, 0) is 81.7 Å². The standard InChI is InChI=1S/C22H22N2O3.C4H9N/c1-14-6-7-15(26-2)11-18(14)21(25)24-22(8-9-22)19-12-16(27-3)13-20-17(19)5-4-10-23-20;1-5-3-2-4-5/h4-7,10-13H,8-9H2,1-3H3,(H,24,25);2-4H2,1H3. The molecule has 6 heteroatoms. The largest absolute Gasteiger partial charge is 0.497 e. The summed E-state index contributed by atoms with van der Waals surface area (Å²) in [6.45, 7) is 4.57. The molecule has 1 saturated carbocycles. The van der Waals surface area contributed by atoms with Crippen LogP contribution in [0, 0.1) is 6.92 Å². The normalized spacial score (nSPS) is 16.4. The second kappa shape index (κ2) is 9.17. The number of nitrogens with zero attached hydrogens (tertiary/aromatic N) is 2. The van der Waals surface area contributed by atoms with E-state index in [9.17, 15) is 4.79 Å². The van der Waals surface area contributed by atoms with Crippen molar-refractivity contribution in [2.75, 3.05) is 34.4 Å². The third-order valence-corrected chi connectivity index (χ3v) is 6.32. The average molecular weight is 434 g/mol. The smallest absolute Gasteiger partial charge is 0.252 e. The fraction of sp³-hybridized carbons (Fsp3) is 0.385. The summed E-state index contributed by atoms with van der Waals surface area (Å²) in [6, 6.07) is 13.4. The topological polar surface area (TPSA) is 63.7 Å². The molecule has 1 aromatic heterocycles. The highest BCUT2D eigenvalue weighted by atomic mass is 16.5. The SMILES string of the molecule is CN1CCC1.COc1ccc(C)c(C(=O)NC2(c3cc(OC)cc4ncccc34)CC2)c1. The van der Waals surface area contributed by atoms with E-state index in [1.165, 1.54) is 19.5 Å². The highest BCUT2D eigenvalue weighted by Crippen LogP contribution is 2.49. The molecule has 5 rings (SSSR count). The fourth-order valence-corrected chi connectivity index (χ4v) is 3.99. The van der Waals surface area contributed by atoms with Crippen LogP contribution in [0.15, 0.2) is 48.7 Å². The molecule has 3 aromatic rings. The molecular weight excluding hydrogens is 402 g/mol. The molecule has 0 atom stereocenters. The Morgan fingerprint density at radius 3 is 2.38 bits per heavy atom. The van der Waals surface area contributed by atoms with Crippen LogP contribution < -0.4 is 14.8 Å². The maximum Gasteiger partial charge on any atom is 0.252 e. The van der Waals surface area contributed by atoms with Gasteiger partial charge < -0.3 is 19.7 Å². The lowest BCUT2D eigenvalue weighted by Gasteiger charge is -2.24. The van der Waals surface area contributed by atoms with E-state index < -0.39 is 0 Å². The summed E-state index contributed by atoms with van der Waals surface area (Å²) in [7, 11) is 5.39. The van der Waals surface area contributed by atoms with Gasteiger partial charge in [-0.15, -0.1) is 0 Å². The number of aryl methyl sites for hydroxylation is 1. The molecule has 168 valence electrons. The van der Waals surface area contributed by atoms with Gasteiger partial charge in [-0.2, -0.15) is 0 Å². The van der Waals surface area contributed by atoms with Gasteiger partial charge in [-0.25, -0.2) is 0 Å². The Kier molecular flexibility index (Phi) is 6.33. The summed E-state index contributed by atoms with van der Waals surface area (Å²) in [5.74, 6) is 1.32. The van der Waals surface area contributed by atoms with Crippen LogP contribution in [0.4, 0.5) is 0 Å². The van der Waals surface area contributed by atoms with Crippen LogP contribution in [0.1, 0.15) is 40.7 Å². The summed E-state index contributed by atoms with van der Waals surface area (Å²) >= 11 is 0. The van der Waals surface area contributed by atoms with Crippen LogP contribution in [0.3, 0.4) is 0 Å². The van der Waals surface area contributed by atoms with Gasteiger partial charge in [0.15, 0.2) is 0 Å². The third-order valence-electron chi connectivity index (χ3n) is 6.32. The predicted molar refractivity (Wildman–Crippen MR) is 127 cm³/mol. The number of methoxy groups -OCH3 is 2. The van der Waals surface area contributed by atoms with E-state index in [1.54, 1.807) is 26.5 Å². The predicted octanol–water partition coefficient (Wildman–Crippen LogP) is 4.30. The number of nitrogens with one attached hydrogen (secondary N) is 1. The molecule has 1 aliphatic carbocycles. The number of fused-ring (bicyclic) bond motifs is 1. The van der Waals surface area contributed by atoms with Crippen LogP contribution in [-0.2, 0) is 5.54 Å². The Morgan fingerprint density at radius 2 is 1.78 bits per heavy atom. The van der Waals surface area contributed by atoms with Crippen LogP contribution in [0.25, 0.3) is 10.9 Å². The monoisotopic (exact) mass is 433 g/mol. The van der Waals surface area contributed by atoms with Gasteiger partial charge in [0.2, 0.25) is 0 Å². The molecule has 0 spiro atoms. The summed E-state index contributed by atoms with van der Waals surface area (Å²) in [6.07, 6.45) is 4.96. The van der Waals surface area contributed by atoms with Gasteiger partial charge in [0.25, 0.3) is 5.91 Å². The zero-order valence-corrected chi connectivity index (χ0v) is 19.3. The molecule has 2 aliphatic rings. The van der Waals surface area contributed by atoms with Crippen LogP contribution in [0.5, 0.6) is 11.5 Å². The third kappa shape index (κ3) is 4.55. The summed E-state index contributed by atoms with van der Waals surface area (Å²) in [4.78, 5) is 19.8. The van der Waals surface area contributed by atoms with E-state index in [0.717, 1.165) is 40.6 Å². The molecule has 2 heterocycles. The van der Waals surface area contributed by atoms with Gasteiger partial charge in [0, 0.05) is 23.2 Å². The number of carbonyl (C=O) groups excluding carboxylic acids is 1. The Hall–Kier alpha value is -3.12. The lowest BCUT2D eigenvalue weighted by atomic mass is 9.97. The minimum atomic E-state index is -0.386. The quantitative estimate of drug-likeness (QED) is 0.650. The summed E-state index contributed by atoms with van der Waals surface area (Å²) < 4.78 is 10.7. The lowest BCUT2D eigenvalue weighted by Crippen LogP contribution is -2.35. The first kappa shape index (κ1) is 22.1. The van der Waals surface area contributed by atoms with E-state index in [4.69, 9.17) is 9.47 Å². The van der Waals surface area contributed by atoms with E-state index in [1.807, 2.05) is 43.3 Å². The number of hydrogen-bond acceptors (Lipinski definition) is 5. The minimum absolute atomic E-state index is 0.0937. The van der Waals surface area contributed by atoms with Crippen LogP contribution in [0.2, 0.25) is 0 Å². The summed E-state index contributed by atoms with van der Waals surface area (Å²) in [5, 5.41) is 4.30. The Labute approximate surface area is 189 Å². The van der Waals surface area contributed by atoms with Crippen molar-refractivity contribution in [3.63, 3.8) is 0 Å². The molecule has 32 heavy (non-hydrogen) atoms. The van der Waals surface area contributed by atoms with Crippen molar-refractivity contribution in [1.29, 1.82) is 0 Å². The van der Waals surface area contributed by atoms with Crippen molar-refractivity contribution >= 4 is 16.8 Å². The first-order valence-corrected chi connectivity index (χ1v) is 11.0. The Bertz CT molecular complexity index is 1120. The van der Waals surface area contributed by atoms with Crippen molar-refractivity contribution in [2.24, 2.45) is 0 Å². The zero-order chi connectivity index (χ0) is 22.7. The van der Waals surface area contributed by atoms with E-state index in [0.29, 0.717) is 11.3 Å². The average Bonchev–Trinajstić information content (AvgIpc) is 3.57. The minimum Gasteiger partial charge on any atom is -0.497 e. The lowest BCUT2D eigenvalue weighted by molar-refractivity contribution is 0.0930. The van der Waals surface area contributed by atoms with E-state index in [2.05, 4.69) is 22.2 Å². The van der Waals surface area contributed by atoms with Gasteiger partial charge in [-0.3, -0.25) is 9.78 Å². The second-order valence-corrected chi connectivity index (χ2v) is 8.62. The van der Waals surface area contributed by atoms with Gasteiger partial charge in [0.05, 0.1) is 25.3 Å².